The van der Waals surface area contributed by atoms with Crippen LogP contribution in [0.3, 0.4) is 0 Å². The Kier molecular flexibility index (Phi) is 10.4. The largest absolute Gasteiger partial charge is 0.474 e. The average Bonchev–Trinajstić information content (AvgIpc) is 3.56. The number of carbonyl (C=O) groups is 2. The summed E-state index contributed by atoms with van der Waals surface area (Å²) in [6.45, 7) is 3.67. The van der Waals surface area contributed by atoms with Crippen molar-refractivity contribution in [2.45, 2.75) is 56.2 Å². The second-order valence-electron chi connectivity index (χ2n) is 13.0. The molecule has 1 aromatic carbocycles. The molecule has 0 aliphatic carbocycles. The number of rotatable bonds is 7. The predicted octanol–water partition coefficient (Wildman–Crippen LogP) is 6.48. The average molecular weight is 744 g/mol. The Labute approximate surface area is 294 Å². The van der Waals surface area contributed by atoms with Gasteiger partial charge in [0.25, 0.3) is 11.8 Å². The van der Waals surface area contributed by atoms with E-state index in [4.69, 9.17) is 16.3 Å². The molecule has 0 bridgehead atoms. The topological polar surface area (TPSA) is 69.2 Å². The standard InChI is InChI=1S/C34H36ClF6N5O3S/c1-43-14-16-44(17-15-43)12-8-27-32(49-25-19-28(50-21-25)34(39,40)41,31(48)45-13-7-22-18-24(35)6-5-23(22)20-45)9-3-11-46(27)30(47)29-26(33(36,37)38)4-2-10-42-29/h2,4-6,10,18-19,21,27H,3,7-9,11-17,20H2,1H3/t27-,32-/m1/s1. The second kappa shape index (κ2) is 14.3. The number of ether oxygens (including phenoxy) is 1. The van der Waals surface area contributed by atoms with Gasteiger partial charge in [-0.1, -0.05) is 17.7 Å². The van der Waals surface area contributed by atoms with Crippen molar-refractivity contribution in [2.75, 3.05) is 52.9 Å². The third-order valence-electron chi connectivity index (χ3n) is 9.74. The Balaban J connectivity index is 1.43. The summed E-state index contributed by atoms with van der Waals surface area (Å²) in [6, 6.07) is 6.88. The third-order valence-corrected chi connectivity index (χ3v) is 10.9. The Morgan fingerprint density at radius 2 is 1.76 bits per heavy atom. The van der Waals surface area contributed by atoms with Gasteiger partial charge in [0.05, 0.1) is 11.6 Å². The van der Waals surface area contributed by atoms with Crippen LogP contribution in [0.15, 0.2) is 48.0 Å². The quantitative estimate of drug-likeness (QED) is 0.259. The molecule has 0 unspecified atom stereocenters. The first kappa shape index (κ1) is 36.4. The highest BCUT2D eigenvalue weighted by molar-refractivity contribution is 7.10. The summed E-state index contributed by atoms with van der Waals surface area (Å²) in [6.07, 6.45) is -7.71. The zero-order valence-corrected chi connectivity index (χ0v) is 28.8. The Morgan fingerprint density at radius 1 is 1.00 bits per heavy atom. The number of alkyl halides is 6. The van der Waals surface area contributed by atoms with Crippen LogP contribution in [0.25, 0.3) is 0 Å². The number of fused-ring (bicyclic) bond motifs is 1. The molecule has 3 aliphatic heterocycles. The molecule has 0 spiro atoms. The monoisotopic (exact) mass is 743 g/mol. The van der Waals surface area contributed by atoms with Crippen molar-refractivity contribution in [3.05, 3.63) is 80.3 Å². The lowest BCUT2D eigenvalue weighted by atomic mass is 9.79. The van der Waals surface area contributed by atoms with Crippen molar-refractivity contribution in [3.63, 3.8) is 0 Å². The summed E-state index contributed by atoms with van der Waals surface area (Å²) < 4.78 is 90.1. The van der Waals surface area contributed by atoms with Gasteiger partial charge in [-0.05, 0) is 61.7 Å². The van der Waals surface area contributed by atoms with Crippen molar-refractivity contribution < 1.29 is 40.7 Å². The number of likely N-dealkylation sites (N-methyl/N-ethyl adjacent to an activating group) is 1. The smallest absolute Gasteiger partial charge is 0.425 e. The van der Waals surface area contributed by atoms with E-state index in [2.05, 4.69) is 14.8 Å². The maximum absolute atomic E-state index is 15.0. The Morgan fingerprint density at radius 3 is 2.46 bits per heavy atom. The summed E-state index contributed by atoms with van der Waals surface area (Å²) in [5.41, 5.74) is -2.16. The molecule has 5 heterocycles. The number of hydrogen-bond donors (Lipinski definition) is 0. The second-order valence-corrected chi connectivity index (χ2v) is 14.3. The SMILES string of the molecule is CN1CCN(CC[C@H]2N(C(=O)c3ncccc3C(F)(F)F)CCC[C@]2(Oc2csc(C(F)(F)F)c2)C(=O)N2CCc3cc(Cl)ccc3C2)CC1. The number of amides is 2. The number of aromatic nitrogens is 1. The van der Waals surface area contributed by atoms with Gasteiger partial charge in [-0.2, -0.15) is 26.3 Å². The number of thiophene rings is 1. The van der Waals surface area contributed by atoms with Crippen molar-refractivity contribution in [1.29, 1.82) is 0 Å². The molecular weight excluding hydrogens is 708 g/mol. The number of piperidine rings is 1. The number of carbonyl (C=O) groups excluding carboxylic acids is 2. The van der Waals surface area contributed by atoms with E-state index in [0.29, 0.717) is 42.4 Å². The van der Waals surface area contributed by atoms with Crippen LogP contribution in [0.4, 0.5) is 26.3 Å². The molecule has 16 heteroatoms. The highest BCUT2D eigenvalue weighted by atomic mass is 35.5. The molecular formula is C34H36ClF6N5O3S. The maximum Gasteiger partial charge on any atom is 0.425 e. The summed E-state index contributed by atoms with van der Waals surface area (Å²) in [5.74, 6) is -1.77. The Hall–Kier alpha value is -3.40. The number of pyridine rings is 1. The number of likely N-dealkylation sites (tertiary alicyclic amines) is 1. The minimum Gasteiger partial charge on any atom is -0.474 e. The van der Waals surface area contributed by atoms with Gasteiger partial charge >= 0.3 is 12.4 Å². The van der Waals surface area contributed by atoms with Crippen molar-refractivity contribution >= 4 is 34.8 Å². The van der Waals surface area contributed by atoms with E-state index in [9.17, 15) is 35.9 Å². The van der Waals surface area contributed by atoms with E-state index < -0.39 is 51.9 Å². The molecule has 270 valence electrons. The van der Waals surface area contributed by atoms with Crippen LogP contribution in [-0.4, -0.2) is 101 Å². The zero-order chi connectivity index (χ0) is 35.8. The Bertz CT molecular complexity index is 1710. The molecule has 2 atom stereocenters. The number of halogens is 7. The van der Waals surface area contributed by atoms with E-state index in [-0.39, 0.29) is 44.6 Å². The van der Waals surface area contributed by atoms with Crippen LogP contribution < -0.4 is 4.74 Å². The molecule has 0 radical (unpaired) electrons. The van der Waals surface area contributed by atoms with Crippen molar-refractivity contribution in [3.8, 4) is 5.75 Å². The molecule has 2 fully saturated rings. The predicted molar refractivity (Wildman–Crippen MR) is 175 cm³/mol. The lowest BCUT2D eigenvalue weighted by molar-refractivity contribution is -0.160. The van der Waals surface area contributed by atoms with Gasteiger partial charge in [-0.15, -0.1) is 11.3 Å². The first-order valence-electron chi connectivity index (χ1n) is 16.3. The molecule has 3 aliphatic rings. The van der Waals surface area contributed by atoms with Crippen LogP contribution in [0.5, 0.6) is 5.75 Å². The summed E-state index contributed by atoms with van der Waals surface area (Å²) >= 11 is 6.62. The molecule has 8 nitrogen and oxygen atoms in total. The van der Waals surface area contributed by atoms with Gasteiger partial charge in [0.2, 0.25) is 5.60 Å². The summed E-state index contributed by atoms with van der Waals surface area (Å²) in [5, 5.41) is 1.71. The van der Waals surface area contributed by atoms with Gasteiger partial charge < -0.3 is 24.3 Å². The molecule has 2 aromatic heterocycles. The number of piperazine rings is 1. The third kappa shape index (κ3) is 7.60. The van der Waals surface area contributed by atoms with Crippen molar-refractivity contribution in [2.24, 2.45) is 0 Å². The van der Waals surface area contributed by atoms with E-state index in [1.165, 1.54) is 10.3 Å². The van der Waals surface area contributed by atoms with Crippen LogP contribution in [-0.2, 0) is 30.1 Å². The van der Waals surface area contributed by atoms with E-state index in [1.54, 1.807) is 17.0 Å². The molecule has 2 saturated heterocycles. The van der Waals surface area contributed by atoms with Crippen molar-refractivity contribution in [1.82, 2.24) is 24.6 Å². The van der Waals surface area contributed by atoms with Crippen LogP contribution in [0, 0.1) is 0 Å². The van der Waals surface area contributed by atoms with E-state index in [1.807, 2.05) is 13.1 Å². The fourth-order valence-electron chi connectivity index (χ4n) is 7.14. The molecule has 2 amide bonds. The fourth-order valence-corrected chi connectivity index (χ4v) is 8.01. The molecule has 3 aromatic rings. The minimum atomic E-state index is -4.89. The molecule has 0 N–H and O–H groups in total. The number of benzene rings is 1. The molecule has 0 saturated carbocycles. The van der Waals surface area contributed by atoms with Gasteiger partial charge in [0, 0.05) is 81.4 Å². The van der Waals surface area contributed by atoms with E-state index >= 15 is 0 Å². The number of nitrogens with zero attached hydrogens (tertiary/aromatic N) is 5. The molecule has 50 heavy (non-hydrogen) atoms. The van der Waals surface area contributed by atoms with E-state index in [0.717, 1.165) is 48.6 Å². The summed E-state index contributed by atoms with van der Waals surface area (Å²) in [7, 11) is 1.99. The highest BCUT2D eigenvalue weighted by Crippen LogP contribution is 2.43. The summed E-state index contributed by atoms with van der Waals surface area (Å²) in [4.78, 5) is 39.2. The van der Waals surface area contributed by atoms with Crippen LogP contribution >= 0.6 is 22.9 Å². The highest BCUT2D eigenvalue weighted by Gasteiger charge is 2.56. The lowest BCUT2D eigenvalue weighted by Gasteiger charge is -2.50. The first-order valence-corrected chi connectivity index (χ1v) is 17.6. The van der Waals surface area contributed by atoms with Crippen LogP contribution in [0.2, 0.25) is 5.02 Å². The first-order chi connectivity index (χ1) is 23.7. The van der Waals surface area contributed by atoms with Gasteiger partial charge in [0.15, 0.2) is 0 Å². The normalized spacial score (nSPS) is 22.4. The zero-order valence-electron chi connectivity index (χ0n) is 27.2. The maximum atomic E-state index is 15.0. The molecule has 6 rings (SSSR count). The number of hydrogen-bond acceptors (Lipinski definition) is 7. The lowest BCUT2D eigenvalue weighted by Crippen LogP contribution is -2.68. The van der Waals surface area contributed by atoms with Gasteiger partial charge in [0.1, 0.15) is 16.3 Å². The van der Waals surface area contributed by atoms with Gasteiger partial charge in [-0.3, -0.25) is 14.6 Å². The van der Waals surface area contributed by atoms with Gasteiger partial charge in [-0.25, -0.2) is 0 Å². The fraction of sp³-hybridized carbons (Fsp3) is 0.500. The van der Waals surface area contributed by atoms with Crippen LogP contribution in [0.1, 0.15) is 51.3 Å². The minimum absolute atomic E-state index is 0.00271.